The smallest absolute Gasteiger partial charge is 0.241 e. The molecule has 2 amide bonds. The molecule has 6 nitrogen and oxygen atoms in total. The summed E-state index contributed by atoms with van der Waals surface area (Å²) in [5, 5.41) is 5.75. The van der Waals surface area contributed by atoms with E-state index in [1.54, 1.807) is 12.1 Å². The summed E-state index contributed by atoms with van der Waals surface area (Å²) in [5.74, 6) is 0.138. The highest BCUT2D eigenvalue weighted by atomic mass is 16.2. The number of carbonyl (C=O) groups is 2. The molecule has 0 aliphatic carbocycles. The van der Waals surface area contributed by atoms with Gasteiger partial charge in [-0.15, -0.1) is 0 Å². The van der Waals surface area contributed by atoms with Gasteiger partial charge in [-0.2, -0.15) is 0 Å². The number of hydrogen-bond acceptors (Lipinski definition) is 4. The van der Waals surface area contributed by atoms with E-state index in [9.17, 15) is 9.59 Å². The van der Waals surface area contributed by atoms with Crippen molar-refractivity contribution in [3.8, 4) is 0 Å². The first-order valence-corrected chi connectivity index (χ1v) is 9.63. The van der Waals surface area contributed by atoms with Gasteiger partial charge in [0.25, 0.3) is 0 Å². The summed E-state index contributed by atoms with van der Waals surface area (Å²) in [5.41, 5.74) is 7.24. The molecule has 0 bridgehead atoms. The standard InChI is InChI=1S/C20H32N4O2/c1-15(2)12-18(21)20(26)23-17-9-7-8-16(13-17)22-19(25)14-24-10-5-3-4-6-11-24/h7-9,13,15,18H,3-6,10-12,14,21H2,1-2H3,(H,22,25)(H,23,26)/t18-/m0/s1. The van der Waals surface area contributed by atoms with Gasteiger partial charge in [-0.1, -0.05) is 32.8 Å². The lowest BCUT2D eigenvalue weighted by Gasteiger charge is -2.19. The first-order chi connectivity index (χ1) is 12.4. The average Bonchev–Trinajstić information content (AvgIpc) is 2.83. The second kappa shape index (κ2) is 10.3. The van der Waals surface area contributed by atoms with Crippen molar-refractivity contribution in [2.75, 3.05) is 30.3 Å². The average molecular weight is 361 g/mol. The lowest BCUT2D eigenvalue weighted by molar-refractivity contribution is -0.118. The third kappa shape index (κ3) is 7.14. The molecule has 0 radical (unpaired) electrons. The third-order valence-electron chi connectivity index (χ3n) is 4.54. The molecule has 26 heavy (non-hydrogen) atoms. The number of benzene rings is 1. The highest BCUT2D eigenvalue weighted by molar-refractivity contribution is 5.96. The van der Waals surface area contributed by atoms with Crippen LogP contribution in [0.5, 0.6) is 0 Å². The molecule has 1 aromatic carbocycles. The van der Waals surface area contributed by atoms with Crippen molar-refractivity contribution in [3.63, 3.8) is 0 Å². The van der Waals surface area contributed by atoms with E-state index in [4.69, 9.17) is 5.73 Å². The van der Waals surface area contributed by atoms with Crippen LogP contribution in [0.15, 0.2) is 24.3 Å². The van der Waals surface area contributed by atoms with Crippen molar-refractivity contribution in [1.82, 2.24) is 4.90 Å². The second-order valence-corrected chi connectivity index (χ2v) is 7.54. The molecule has 1 atom stereocenters. The molecule has 0 saturated carbocycles. The van der Waals surface area contributed by atoms with Gasteiger partial charge in [0.05, 0.1) is 12.6 Å². The molecule has 4 N–H and O–H groups in total. The summed E-state index contributed by atoms with van der Waals surface area (Å²) in [6.45, 7) is 6.45. The predicted octanol–water partition coefficient (Wildman–Crippen LogP) is 2.81. The fraction of sp³-hybridized carbons (Fsp3) is 0.600. The Morgan fingerprint density at radius 3 is 2.31 bits per heavy atom. The molecule has 1 heterocycles. The van der Waals surface area contributed by atoms with Crippen molar-refractivity contribution in [2.45, 2.75) is 52.0 Å². The van der Waals surface area contributed by atoms with Crippen LogP contribution in [0, 0.1) is 5.92 Å². The van der Waals surface area contributed by atoms with Crippen molar-refractivity contribution < 1.29 is 9.59 Å². The first kappa shape index (κ1) is 20.4. The molecule has 0 aromatic heterocycles. The van der Waals surface area contributed by atoms with Crippen molar-refractivity contribution in [1.29, 1.82) is 0 Å². The predicted molar refractivity (Wildman–Crippen MR) is 106 cm³/mol. The summed E-state index contributed by atoms with van der Waals surface area (Å²) >= 11 is 0. The van der Waals surface area contributed by atoms with E-state index in [0.29, 0.717) is 30.3 Å². The fourth-order valence-electron chi connectivity index (χ4n) is 3.22. The van der Waals surface area contributed by atoms with Gasteiger partial charge >= 0.3 is 0 Å². The van der Waals surface area contributed by atoms with Gasteiger partial charge in [0.2, 0.25) is 11.8 Å². The molecule has 2 rings (SSSR count). The number of anilines is 2. The quantitative estimate of drug-likeness (QED) is 0.698. The summed E-state index contributed by atoms with van der Waals surface area (Å²) < 4.78 is 0. The van der Waals surface area contributed by atoms with Gasteiger partial charge in [0.1, 0.15) is 0 Å². The molecular formula is C20H32N4O2. The summed E-state index contributed by atoms with van der Waals surface area (Å²) in [6.07, 6.45) is 5.45. The maximum Gasteiger partial charge on any atom is 0.241 e. The highest BCUT2D eigenvalue weighted by Gasteiger charge is 2.16. The Kier molecular flexibility index (Phi) is 8.06. The normalized spacial score (nSPS) is 16.8. The van der Waals surface area contributed by atoms with Crippen LogP contribution in [0.2, 0.25) is 0 Å². The van der Waals surface area contributed by atoms with E-state index in [0.717, 1.165) is 25.9 Å². The number of hydrogen-bond donors (Lipinski definition) is 3. The topological polar surface area (TPSA) is 87.5 Å². The van der Waals surface area contributed by atoms with Gasteiger partial charge < -0.3 is 16.4 Å². The van der Waals surface area contributed by atoms with Crippen LogP contribution in [0.1, 0.15) is 46.0 Å². The fourth-order valence-corrected chi connectivity index (χ4v) is 3.22. The largest absolute Gasteiger partial charge is 0.325 e. The van der Waals surface area contributed by atoms with Gasteiger partial charge in [-0.05, 0) is 56.5 Å². The zero-order chi connectivity index (χ0) is 18.9. The SMILES string of the molecule is CC(C)C[C@H](N)C(=O)Nc1cccc(NC(=O)CN2CCCCCC2)c1. The van der Waals surface area contributed by atoms with Gasteiger partial charge in [0.15, 0.2) is 0 Å². The Bertz CT molecular complexity index is 595. The van der Waals surface area contributed by atoms with Crippen LogP contribution >= 0.6 is 0 Å². The minimum atomic E-state index is -0.531. The number of nitrogens with two attached hydrogens (primary N) is 1. The van der Waals surface area contributed by atoms with Gasteiger partial charge in [-0.3, -0.25) is 14.5 Å². The summed E-state index contributed by atoms with van der Waals surface area (Å²) in [4.78, 5) is 26.6. The number of nitrogens with zero attached hydrogens (tertiary/aromatic N) is 1. The minimum Gasteiger partial charge on any atom is -0.325 e. The van der Waals surface area contributed by atoms with Gasteiger partial charge in [0, 0.05) is 11.4 Å². The van der Waals surface area contributed by atoms with Crippen LogP contribution in [0.3, 0.4) is 0 Å². The number of nitrogens with one attached hydrogen (secondary N) is 2. The molecule has 1 aliphatic rings. The molecule has 0 spiro atoms. The molecular weight excluding hydrogens is 328 g/mol. The Balaban J connectivity index is 1.87. The van der Waals surface area contributed by atoms with Crippen molar-refractivity contribution in [3.05, 3.63) is 24.3 Å². The third-order valence-corrected chi connectivity index (χ3v) is 4.54. The number of likely N-dealkylation sites (tertiary alicyclic amines) is 1. The molecule has 6 heteroatoms. The van der Waals surface area contributed by atoms with Crippen molar-refractivity contribution in [2.24, 2.45) is 11.7 Å². The lowest BCUT2D eigenvalue weighted by Crippen LogP contribution is -2.36. The molecule has 144 valence electrons. The molecule has 1 fully saturated rings. The van der Waals surface area contributed by atoms with Crippen molar-refractivity contribution >= 4 is 23.2 Å². The highest BCUT2D eigenvalue weighted by Crippen LogP contribution is 2.16. The molecule has 1 saturated heterocycles. The molecule has 1 aromatic rings. The van der Waals surface area contributed by atoms with Gasteiger partial charge in [-0.25, -0.2) is 0 Å². The zero-order valence-electron chi connectivity index (χ0n) is 16.0. The molecule has 1 aliphatic heterocycles. The minimum absolute atomic E-state index is 0.0214. The second-order valence-electron chi connectivity index (χ2n) is 7.54. The van der Waals surface area contributed by atoms with Crippen LogP contribution in [-0.2, 0) is 9.59 Å². The summed E-state index contributed by atoms with van der Waals surface area (Å²) in [7, 11) is 0. The summed E-state index contributed by atoms with van der Waals surface area (Å²) in [6, 6.07) is 6.66. The van der Waals surface area contributed by atoms with Crippen LogP contribution in [-0.4, -0.2) is 42.4 Å². The van der Waals surface area contributed by atoms with E-state index in [1.807, 2.05) is 26.0 Å². The van der Waals surface area contributed by atoms with E-state index >= 15 is 0 Å². The monoisotopic (exact) mass is 360 g/mol. The maximum atomic E-state index is 12.3. The van der Waals surface area contributed by atoms with Crippen LogP contribution < -0.4 is 16.4 Å². The van der Waals surface area contributed by atoms with E-state index < -0.39 is 6.04 Å². The number of rotatable bonds is 7. The Morgan fingerprint density at radius 1 is 1.08 bits per heavy atom. The van der Waals surface area contributed by atoms with E-state index in [1.165, 1.54) is 12.8 Å². The molecule has 0 unspecified atom stereocenters. The Morgan fingerprint density at radius 2 is 1.69 bits per heavy atom. The number of amides is 2. The number of carbonyl (C=O) groups excluding carboxylic acids is 2. The van der Waals surface area contributed by atoms with E-state index in [-0.39, 0.29) is 11.8 Å². The maximum absolute atomic E-state index is 12.3. The zero-order valence-corrected chi connectivity index (χ0v) is 16.0. The Labute approximate surface area is 156 Å². The Hall–Kier alpha value is -1.92. The van der Waals surface area contributed by atoms with E-state index in [2.05, 4.69) is 15.5 Å². The van der Waals surface area contributed by atoms with Crippen LogP contribution in [0.4, 0.5) is 11.4 Å². The van der Waals surface area contributed by atoms with Crippen LogP contribution in [0.25, 0.3) is 0 Å². The lowest BCUT2D eigenvalue weighted by atomic mass is 10.0. The first-order valence-electron chi connectivity index (χ1n) is 9.63.